The van der Waals surface area contributed by atoms with Crippen LogP contribution in [0.3, 0.4) is 0 Å². The number of carbonyl (C=O) groups is 14. The Balaban J connectivity index is 0.000000381. The van der Waals surface area contributed by atoms with Crippen molar-refractivity contribution in [3.63, 3.8) is 0 Å². The standard InChI is InChI=1S/C62H111N11O12.C24H36O5.C21H26N2O3/c1-25-27-28-40(15)52(75)51-56(79)65-43(26-2)58(81)67(18)33-48(74)68(19)44(29-34(3)4)55(78)66-49(38(11)12)61(84)69(20)45(30-35(5)6)54(77)63-41(16)53(76)64-42(17)57(80)70(21)46(31-36(7)8)59(82)71(22)47(32-37(9)10)60(83)72(23)50(39(13)14)62(85)73(51)24;1-5-15(3)24(27)29-21-11-14(2)10-17-7-6-16(4)20(23(17)21)9-8-19-12-18(25)13-22(26)28-19;1-3-20-10-6-11-22-12-9-15-14-7-4-5-8-16(14)23(17(15)18(20)22)21(25,13-20)19(24)26-2/h25,27,34-47,49-52,75H,26,28-33H2,1-24H3,(H,63,77)(H,64,76)(H,65,79)(H,66,78);6-7,10,14-16,18-21,23,25H,5,8-9,11-13H2,1-4H3;4-5,7-8,18,25H,3,6,9-13H2,1-2H3/b27-25+;;/t40-,41+,42-,43+,44+,45+,46+,47+,49+,50+,51+,52-;14-,15-,16-,18+,19+,20-,21-,23-;18-,20+,21+/m101/s1. The zero-order valence-corrected chi connectivity index (χ0v) is 89.7. The predicted molar refractivity (Wildman–Crippen MR) is 538 cm³/mol. The fourth-order valence-electron chi connectivity index (χ4n) is 21.8. The summed E-state index contributed by atoms with van der Waals surface area (Å²) in [6.07, 6.45) is 17.3. The Hall–Kier alpha value is -9.60. The Bertz CT molecular complexity index is 4730. The third-order valence-electron chi connectivity index (χ3n) is 30.2. The van der Waals surface area contributed by atoms with E-state index in [1.54, 1.807) is 54.5 Å². The van der Waals surface area contributed by atoms with Crippen molar-refractivity contribution < 1.29 is 96.7 Å². The number of aliphatic hydroxyl groups excluding tert-OH is 2. The van der Waals surface area contributed by atoms with E-state index in [-0.39, 0.29) is 110 Å². The molecule has 6 heterocycles. The van der Waals surface area contributed by atoms with Crippen LogP contribution in [0.4, 0.5) is 0 Å². The van der Waals surface area contributed by atoms with Crippen molar-refractivity contribution in [1.82, 2.24) is 65.0 Å². The van der Waals surface area contributed by atoms with E-state index in [4.69, 9.17) is 14.2 Å². The minimum Gasteiger partial charge on any atom is -0.465 e. The number of amides is 11. The Labute approximate surface area is 833 Å². The number of piperidine rings is 1. The van der Waals surface area contributed by atoms with Crippen LogP contribution in [-0.2, 0) is 93.5 Å². The molecule has 1 aromatic carbocycles. The maximum absolute atomic E-state index is 15.1. The maximum atomic E-state index is 15.1. The summed E-state index contributed by atoms with van der Waals surface area (Å²) in [5.41, 5.74) is 2.97. The molecule has 0 bridgehead atoms. The van der Waals surface area contributed by atoms with Gasteiger partial charge < -0.3 is 89.7 Å². The van der Waals surface area contributed by atoms with E-state index in [0.717, 1.165) is 85.5 Å². The van der Waals surface area contributed by atoms with Gasteiger partial charge in [-0.3, -0.25) is 67.2 Å². The molecule has 9 rings (SSSR count). The van der Waals surface area contributed by atoms with E-state index < -0.39 is 174 Å². The Morgan fingerprint density at radius 3 is 1.74 bits per heavy atom. The highest BCUT2D eigenvalue weighted by atomic mass is 16.6. The topological polar surface area (TPSA) is 406 Å². The number of hydrogen-bond acceptors (Lipinski definition) is 21. The summed E-state index contributed by atoms with van der Waals surface area (Å²) in [5, 5.41) is 45.8. The van der Waals surface area contributed by atoms with E-state index in [9.17, 15) is 72.9 Å². The molecule has 23 atom stereocenters. The quantitative estimate of drug-likeness (QED) is 0.0309. The highest BCUT2D eigenvalue weighted by molar-refractivity contribution is 6.00. The first-order valence-corrected chi connectivity index (χ1v) is 51.6. The van der Waals surface area contributed by atoms with Gasteiger partial charge in [0.15, 0.2) is 0 Å². The lowest BCUT2D eigenvalue weighted by Gasteiger charge is -2.57. The summed E-state index contributed by atoms with van der Waals surface area (Å²) in [4.78, 5) is 208. The van der Waals surface area contributed by atoms with E-state index in [1.165, 1.54) is 111 Å². The lowest BCUT2D eigenvalue weighted by atomic mass is 9.62. The largest absolute Gasteiger partial charge is 0.465 e. The fraction of sp³-hybridized carbons (Fsp3) is 0.738. The third kappa shape index (κ3) is 28.1. The van der Waals surface area contributed by atoms with Crippen molar-refractivity contribution in [3.05, 3.63) is 71.5 Å². The van der Waals surface area contributed by atoms with Crippen LogP contribution in [0.5, 0.6) is 0 Å². The summed E-state index contributed by atoms with van der Waals surface area (Å²) in [6, 6.07) is -3.88. The minimum atomic E-state index is -1.63. The lowest BCUT2D eigenvalue weighted by molar-refractivity contribution is -0.194. The van der Waals surface area contributed by atoms with Crippen LogP contribution < -0.4 is 21.3 Å². The average molecular weight is 1960 g/mol. The Morgan fingerprint density at radius 1 is 0.621 bits per heavy atom. The summed E-state index contributed by atoms with van der Waals surface area (Å²) in [5.74, 6) is -9.50. The maximum Gasteiger partial charge on any atom is 0.359 e. The number of hydrogen-bond donors (Lipinski definition) is 7. The minimum absolute atomic E-state index is 0.0229. The number of para-hydroxylation sites is 1. The zero-order valence-electron chi connectivity index (χ0n) is 89.7. The van der Waals surface area contributed by atoms with Crippen molar-refractivity contribution in [3.8, 4) is 0 Å². The predicted octanol–water partition coefficient (Wildman–Crippen LogP) is 10.4. The van der Waals surface area contributed by atoms with Gasteiger partial charge in [-0.05, 0) is 199 Å². The molecule has 2 aliphatic carbocycles. The van der Waals surface area contributed by atoms with Crippen molar-refractivity contribution in [2.75, 3.05) is 76.1 Å². The van der Waals surface area contributed by atoms with Gasteiger partial charge in [0.2, 0.25) is 70.7 Å². The molecule has 0 spiro atoms. The molecule has 11 amide bonds. The molecule has 140 heavy (non-hydrogen) atoms. The molecule has 2 aromatic rings. The van der Waals surface area contributed by atoms with Gasteiger partial charge in [-0.25, -0.2) is 4.79 Å². The van der Waals surface area contributed by atoms with Crippen LogP contribution in [0, 0.1) is 76.4 Å². The van der Waals surface area contributed by atoms with Gasteiger partial charge in [0.1, 0.15) is 72.6 Å². The number of cyclic esters (lactones) is 1. The number of aliphatic hydroxyl groups is 3. The Kier molecular flexibility index (Phi) is 43.2. The number of aromatic nitrogens is 1. The van der Waals surface area contributed by atoms with Gasteiger partial charge in [0.05, 0.1) is 49.8 Å². The van der Waals surface area contributed by atoms with Gasteiger partial charge in [-0.1, -0.05) is 180 Å². The molecular weight excluding hydrogens is 1790 g/mol. The fourth-order valence-corrected chi connectivity index (χ4v) is 21.8. The SMILES string of the molecule is C/C=C/C[C@@H](C)[C@@H](O)[C@H]1C(=O)N[C@@H](CC)C(=O)N(C)CC(=O)N(C)[C@@H](CC(C)C)C(=O)N[C@@H](C(C)C)C(=O)N(C)[C@@H](CC(C)C)C(=O)N[C@@H](C)C(=O)N[C@H](C)C(=O)N(C)[C@@H](CC(C)C)C(=O)N(C)[C@@H](CC(C)C)C(=O)N(C)[C@@H](C(C)C)C(=O)N1C.CC[C@H](C)C(=O)O[C@H]1C[C@@H](C)C=C2C=C[C@H](C)[C@H](CC[C@@H]3C[C@@H](O)CC(=O)O3)[C@H]21.CC[C@]12CCCN3CCc4c(n(c5ccccc45)[C@@](O)(C(=O)OC)C1)[C@@H]32. The first-order chi connectivity index (χ1) is 65.5. The molecule has 1 aromatic heterocycles. The molecule has 33 heteroatoms. The number of likely N-dealkylation sites (N-methyl/N-ethyl adjacent to an activating group) is 7. The first kappa shape index (κ1) is 117. The molecule has 3 fully saturated rings. The molecule has 3 saturated heterocycles. The van der Waals surface area contributed by atoms with Gasteiger partial charge in [-0.2, -0.15) is 0 Å². The number of benzene rings is 1. The number of carbonyl (C=O) groups excluding carboxylic acids is 14. The van der Waals surface area contributed by atoms with Gasteiger partial charge in [-0.15, -0.1) is 0 Å². The van der Waals surface area contributed by atoms with E-state index in [2.05, 4.69) is 71.2 Å². The van der Waals surface area contributed by atoms with E-state index in [1.807, 2.05) is 98.1 Å². The molecule has 7 N–H and O–H groups in total. The van der Waals surface area contributed by atoms with Crippen LogP contribution in [0.15, 0.2) is 60.2 Å². The molecule has 0 saturated carbocycles. The molecule has 33 nitrogen and oxygen atoms in total. The summed E-state index contributed by atoms with van der Waals surface area (Å²) < 4.78 is 18.5. The molecule has 7 aliphatic rings. The summed E-state index contributed by atoms with van der Waals surface area (Å²) >= 11 is 0. The number of methoxy groups -OCH3 is 1. The van der Waals surface area contributed by atoms with E-state index >= 15 is 9.59 Å². The Morgan fingerprint density at radius 2 is 1.18 bits per heavy atom. The number of rotatable bonds is 23. The monoisotopic (exact) mass is 1960 g/mol. The second kappa shape index (κ2) is 51.6. The molecule has 0 radical (unpaired) electrons. The summed E-state index contributed by atoms with van der Waals surface area (Å²) in [6.45, 7) is 42.0. The van der Waals surface area contributed by atoms with Gasteiger partial charge in [0, 0.05) is 85.7 Å². The number of nitrogens with zero attached hydrogens (tertiary/aromatic N) is 9. The lowest BCUT2D eigenvalue weighted by Crippen LogP contribution is -2.63. The van der Waals surface area contributed by atoms with Crippen molar-refractivity contribution in [2.45, 2.75) is 358 Å². The number of esters is 3. The van der Waals surface area contributed by atoms with Gasteiger partial charge >= 0.3 is 17.9 Å². The van der Waals surface area contributed by atoms with Crippen molar-refractivity contribution in [2.24, 2.45) is 76.4 Å². The first-order valence-electron chi connectivity index (χ1n) is 51.6. The van der Waals surface area contributed by atoms with Crippen LogP contribution in [0.1, 0.15) is 272 Å². The van der Waals surface area contributed by atoms with Crippen LogP contribution in [0.25, 0.3) is 10.9 Å². The third-order valence-corrected chi connectivity index (χ3v) is 30.2. The number of ether oxygens (including phenoxy) is 3. The number of nitrogens with one attached hydrogen (secondary N) is 4. The highest BCUT2D eigenvalue weighted by Gasteiger charge is 2.61. The normalized spacial score (nSPS) is 30.3. The summed E-state index contributed by atoms with van der Waals surface area (Å²) in [7, 11) is 11.3. The average Bonchev–Trinajstić information content (AvgIpc) is 1.50. The molecule has 0 unspecified atom stereocenters. The number of allylic oxidation sites excluding steroid dienone is 5. The van der Waals surface area contributed by atoms with E-state index in [0.29, 0.717) is 37.0 Å². The van der Waals surface area contributed by atoms with Gasteiger partial charge in [0.25, 0.3) is 0 Å². The molecule has 5 aliphatic heterocycles. The highest BCUT2D eigenvalue weighted by Crippen LogP contribution is 2.61. The second-order valence-corrected chi connectivity index (χ2v) is 43.7. The van der Waals surface area contributed by atoms with Crippen LogP contribution in [0.2, 0.25) is 0 Å². The zero-order chi connectivity index (χ0) is 105. The smallest absolute Gasteiger partial charge is 0.359 e. The molecular formula is C107H173N13O20. The van der Waals surface area contributed by atoms with Crippen LogP contribution in [-0.4, -0.2) is 303 Å². The van der Waals surface area contributed by atoms with Crippen molar-refractivity contribution in [1.29, 1.82) is 0 Å². The molecule has 786 valence electrons. The van der Waals surface area contributed by atoms with Crippen LogP contribution >= 0.6 is 0 Å². The van der Waals surface area contributed by atoms with Crippen molar-refractivity contribution >= 4 is 93.8 Å². The number of fused-ring (bicyclic) bond motifs is 4. The second-order valence-electron chi connectivity index (χ2n) is 43.7.